The van der Waals surface area contributed by atoms with E-state index in [0.29, 0.717) is 0 Å². The van der Waals surface area contributed by atoms with Crippen LogP contribution in [0.25, 0.3) is 0 Å². The largest absolute Gasteiger partial charge is 0.341 e. The second-order valence-corrected chi connectivity index (χ2v) is 2.76. The van der Waals surface area contributed by atoms with Crippen LogP contribution >= 0.6 is 0 Å². The lowest BCUT2D eigenvalue weighted by Crippen LogP contribution is -2.34. The number of nitriles is 1. The van der Waals surface area contributed by atoms with Gasteiger partial charge in [0.15, 0.2) is 0 Å². The Morgan fingerprint density at radius 3 is 2.71 bits per heavy atom. The first kappa shape index (κ1) is 10.2. The summed E-state index contributed by atoms with van der Waals surface area (Å²) >= 11 is 0. The van der Waals surface area contributed by atoms with E-state index in [4.69, 9.17) is 11.0 Å². The molecule has 1 unspecified atom stereocenters. The van der Waals surface area contributed by atoms with Gasteiger partial charge in [0, 0.05) is 0 Å². The van der Waals surface area contributed by atoms with E-state index < -0.39 is 6.04 Å². The topological polar surface area (TPSA) is 78.9 Å². The van der Waals surface area contributed by atoms with E-state index in [1.165, 1.54) is 0 Å². The molecule has 0 aliphatic carbocycles. The SMILES string of the molecule is N#CCNC(=O)C(N)c1ccccc1. The highest BCUT2D eigenvalue weighted by Crippen LogP contribution is 2.08. The minimum absolute atomic E-state index is 0.0145. The summed E-state index contributed by atoms with van der Waals surface area (Å²) in [5, 5.41) is 10.7. The summed E-state index contributed by atoms with van der Waals surface area (Å²) in [4.78, 5) is 11.3. The van der Waals surface area contributed by atoms with Crippen molar-refractivity contribution in [1.29, 1.82) is 5.26 Å². The van der Waals surface area contributed by atoms with Crippen molar-refractivity contribution in [3.8, 4) is 6.07 Å². The molecule has 14 heavy (non-hydrogen) atoms. The maximum Gasteiger partial charge on any atom is 0.242 e. The first-order valence-electron chi connectivity index (χ1n) is 4.21. The molecule has 1 rings (SSSR count). The number of hydrogen-bond acceptors (Lipinski definition) is 3. The Labute approximate surface area is 82.3 Å². The normalized spacial score (nSPS) is 11.4. The molecule has 1 atom stereocenters. The minimum atomic E-state index is -0.704. The number of nitrogens with one attached hydrogen (secondary N) is 1. The molecule has 1 amide bonds. The maximum atomic E-state index is 11.3. The molecule has 0 aromatic heterocycles. The predicted molar refractivity (Wildman–Crippen MR) is 52.0 cm³/mol. The zero-order valence-electron chi connectivity index (χ0n) is 7.60. The number of hydrogen-bond donors (Lipinski definition) is 2. The third-order valence-electron chi connectivity index (χ3n) is 1.78. The van der Waals surface area contributed by atoms with Crippen molar-refractivity contribution in [3.63, 3.8) is 0 Å². The van der Waals surface area contributed by atoms with Crippen LogP contribution in [-0.2, 0) is 4.79 Å². The van der Waals surface area contributed by atoms with Crippen LogP contribution in [0.1, 0.15) is 11.6 Å². The van der Waals surface area contributed by atoms with Crippen molar-refractivity contribution < 1.29 is 4.79 Å². The van der Waals surface area contributed by atoms with Gasteiger partial charge < -0.3 is 11.1 Å². The van der Waals surface area contributed by atoms with E-state index in [2.05, 4.69) is 5.32 Å². The lowest BCUT2D eigenvalue weighted by molar-refractivity contribution is -0.122. The minimum Gasteiger partial charge on any atom is -0.341 e. The van der Waals surface area contributed by atoms with Crippen molar-refractivity contribution in [3.05, 3.63) is 35.9 Å². The average molecular weight is 189 g/mol. The molecule has 4 heteroatoms. The van der Waals surface area contributed by atoms with Crippen molar-refractivity contribution in [1.82, 2.24) is 5.32 Å². The molecule has 0 heterocycles. The summed E-state index contributed by atoms with van der Waals surface area (Å²) in [5.41, 5.74) is 6.40. The van der Waals surface area contributed by atoms with Gasteiger partial charge in [-0.3, -0.25) is 4.79 Å². The monoisotopic (exact) mass is 189 g/mol. The van der Waals surface area contributed by atoms with Gasteiger partial charge in [-0.2, -0.15) is 5.26 Å². The van der Waals surface area contributed by atoms with E-state index in [9.17, 15) is 4.79 Å². The van der Waals surface area contributed by atoms with Gasteiger partial charge >= 0.3 is 0 Å². The quantitative estimate of drug-likeness (QED) is 0.672. The van der Waals surface area contributed by atoms with Crippen LogP contribution < -0.4 is 11.1 Å². The number of rotatable bonds is 3. The molecule has 4 nitrogen and oxygen atoms in total. The van der Waals surface area contributed by atoms with Crippen LogP contribution in [0.15, 0.2) is 30.3 Å². The van der Waals surface area contributed by atoms with Gasteiger partial charge in [0.05, 0.1) is 6.07 Å². The Morgan fingerprint density at radius 2 is 2.14 bits per heavy atom. The first-order chi connectivity index (χ1) is 6.75. The summed E-state index contributed by atoms with van der Waals surface area (Å²) in [7, 11) is 0. The van der Waals surface area contributed by atoms with E-state index in [0.717, 1.165) is 5.56 Å². The fraction of sp³-hybridized carbons (Fsp3) is 0.200. The van der Waals surface area contributed by atoms with Gasteiger partial charge in [-0.15, -0.1) is 0 Å². The highest BCUT2D eigenvalue weighted by atomic mass is 16.2. The van der Waals surface area contributed by atoms with Crippen LogP contribution in [0, 0.1) is 11.3 Å². The van der Waals surface area contributed by atoms with Gasteiger partial charge in [-0.1, -0.05) is 30.3 Å². The van der Waals surface area contributed by atoms with Gasteiger partial charge in [-0.05, 0) is 5.56 Å². The van der Waals surface area contributed by atoms with Crippen LogP contribution in [0.4, 0.5) is 0 Å². The third kappa shape index (κ3) is 2.57. The maximum absolute atomic E-state index is 11.3. The van der Waals surface area contributed by atoms with E-state index in [-0.39, 0.29) is 12.5 Å². The molecule has 0 fully saturated rings. The summed E-state index contributed by atoms with van der Waals surface area (Å²) < 4.78 is 0. The molecular formula is C10H11N3O. The third-order valence-corrected chi connectivity index (χ3v) is 1.78. The molecule has 0 aliphatic heterocycles. The highest BCUT2D eigenvalue weighted by molar-refractivity contribution is 5.83. The number of amides is 1. The zero-order valence-corrected chi connectivity index (χ0v) is 7.60. The Morgan fingerprint density at radius 1 is 1.50 bits per heavy atom. The standard InChI is InChI=1S/C10H11N3O/c11-6-7-13-10(14)9(12)8-4-2-1-3-5-8/h1-5,9H,7,12H2,(H,13,14). The molecule has 0 saturated carbocycles. The van der Waals surface area contributed by atoms with Crippen molar-refractivity contribution in [2.75, 3.05) is 6.54 Å². The van der Waals surface area contributed by atoms with Gasteiger partial charge in [-0.25, -0.2) is 0 Å². The van der Waals surface area contributed by atoms with E-state index in [1.807, 2.05) is 24.3 Å². The number of nitrogens with zero attached hydrogens (tertiary/aromatic N) is 1. The smallest absolute Gasteiger partial charge is 0.242 e. The molecule has 0 saturated heterocycles. The molecule has 1 aromatic carbocycles. The van der Waals surface area contributed by atoms with E-state index >= 15 is 0 Å². The predicted octanol–water partition coefficient (Wildman–Crippen LogP) is 0.326. The number of carbonyl (C=O) groups is 1. The molecule has 72 valence electrons. The Balaban J connectivity index is 2.62. The van der Waals surface area contributed by atoms with Gasteiger partial charge in [0.1, 0.15) is 12.6 Å². The lowest BCUT2D eigenvalue weighted by atomic mass is 10.1. The van der Waals surface area contributed by atoms with Crippen LogP contribution in [0.2, 0.25) is 0 Å². The summed E-state index contributed by atoms with van der Waals surface area (Å²) in [5.74, 6) is -0.335. The molecular weight excluding hydrogens is 178 g/mol. The molecule has 0 radical (unpaired) electrons. The van der Waals surface area contributed by atoms with Crippen molar-refractivity contribution >= 4 is 5.91 Å². The van der Waals surface area contributed by atoms with Crippen LogP contribution in [0.3, 0.4) is 0 Å². The Kier molecular flexibility index (Phi) is 3.65. The highest BCUT2D eigenvalue weighted by Gasteiger charge is 2.13. The van der Waals surface area contributed by atoms with Gasteiger partial charge in [0.25, 0.3) is 0 Å². The summed E-state index contributed by atoms with van der Waals surface area (Å²) in [6, 6.07) is 10.1. The Hall–Kier alpha value is -1.86. The molecule has 0 aliphatic rings. The van der Waals surface area contributed by atoms with Crippen LogP contribution in [-0.4, -0.2) is 12.5 Å². The molecule has 3 N–H and O–H groups in total. The summed E-state index contributed by atoms with van der Waals surface area (Å²) in [6.45, 7) is -0.0145. The first-order valence-corrected chi connectivity index (χ1v) is 4.21. The molecule has 1 aromatic rings. The number of nitrogens with two attached hydrogens (primary N) is 1. The average Bonchev–Trinajstić information content (AvgIpc) is 2.26. The van der Waals surface area contributed by atoms with Crippen molar-refractivity contribution in [2.24, 2.45) is 5.73 Å². The second-order valence-electron chi connectivity index (χ2n) is 2.76. The lowest BCUT2D eigenvalue weighted by Gasteiger charge is -2.10. The fourth-order valence-corrected chi connectivity index (χ4v) is 1.05. The zero-order chi connectivity index (χ0) is 10.4. The number of carbonyl (C=O) groups excluding carboxylic acids is 1. The van der Waals surface area contributed by atoms with E-state index in [1.54, 1.807) is 12.1 Å². The fourth-order valence-electron chi connectivity index (χ4n) is 1.05. The second kappa shape index (κ2) is 5.00. The van der Waals surface area contributed by atoms with Gasteiger partial charge in [0.2, 0.25) is 5.91 Å². The molecule has 0 bridgehead atoms. The Bertz CT molecular complexity index is 342. The van der Waals surface area contributed by atoms with Crippen molar-refractivity contribution in [2.45, 2.75) is 6.04 Å². The van der Waals surface area contributed by atoms with Crippen LogP contribution in [0.5, 0.6) is 0 Å². The summed E-state index contributed by atoms with van der Waals surface area (Å²) in [6.07, 6.45) is 0. The number of benzene rings is 1. The molecule has 0 spiro atoms.